The van der Waals surface area contributed by atoms with Crippen LogP contribution in [0.5, 0.6) is 0 Å². The van der Waals surface area contributed by atoms with Crippen LogP contribution in [0.2, 0.25) is 0 Å². The number of piperidine rings is 1. The van der Waals surface area contributed by atoms with E-state index in [-0.39, 0.29) is 5.60 Å². The van der Waals surface area contributed by atoms with Gasteiger partial charge in [-0.15, -0.1) is 0 Å². The Morgan fingerprint density at radius 2 is 1.92 bits per heavy atom. The second-order valence-corrected chi connectivity index (χ2v) is 6.82. The van der Waals surface area contributed by atoms with Gasteiger partial charge in [0.25, 0.3) is 0 Å². The van der Waals surface area contributed by atoms with Gasteiger partial charge >= 0.3 is 0 Å². The molecule has 0 saturated carbocycles. The summed E-state index contributed by atoms with van der Waals surface area (Å²) in [5, 5.41) is 0. The third kappa shape index (κ3) is 3.04. The maximum absolute atomic E-state index is 6.21. The summed E-state index contributed by atoms with van der Waals surface area (Å²) in [6.45, 7) is 4.56. The SMILES string of the molecule is CCCc1cnc(N2CCC3(CC2)OCCc2cnc(N)nc23)nc1. The van der Waals surface area contributed by atoms with E-state index in [2.05, 4.69) is 31.8 Å². The molecule has 2 aliphatic heterocycles. The van der Waals surface area contributed by atoms with Crippen molar-refractivity contribution >= 4 is 11.9 Å². The molecule has 7 heteroatoms. The van der Waals surface area contributed by atoms with Gasteiger partial charge in [0.05, 0.1) is 12.3 Å². The maximum Gasteiger partial charge on any atom is 0.225 e. The lowest BCUT2D eigenvalue weighted by atomic mass is 9.83. The number of ether oxygens (including phenoxy) is 1. The average molecular weight is 340 g/mol. The Balaban J connectivity index is 1.51. The highest BCUT2D eigenvalue weighted by molar-refractivity contribution is 5.36. The van der Waals surface area contributed by atoms with Crippen molar-refractivity contribution in [2.24, 2.45) is 0 Å². The van der Waals surface area contributed by atoms with E-state index < -0.39 is 0 Å². The molecule has 4 heterocycles. The Morgan fingerprint density at radius 1 is 1.16 bits per heavy atom. The number of hydrogen-bond donors (Lipinski definition) is 1. The van der Waals surface area contributed by atoms with Crippen LogP contribution in [0.25, 0.3) is 0 Å². The van der Waals surface area contributed by atoms with Gasteiger partial charge in [0.2, 0.25) is 11.9 Å². The van der Waals surface area contributed by atoms with Crippen molar-refractivity contribution in [2.45, 2.75) is 44.6 Å². The molecule has 7 nitrogen and oxygen atoms in total. The van der Waals surface area contributed by atoms with Crippen LogP contribution in [0.1, 0.15) is 43.0 Å². The normalized spacial score (nSPS) is 19.0. The van der Waals surface area contributed by atoms with Crippen LogP contribution < -0.4 is 10.6 Å². The fraction of sp³-hybridized carbons (Fsp3) is 0.556. The Morgan fingerprint density at radius 3 is 2.64 bits per heavy atom. The first-order chi connectivity index (χ1) is 12.2. The Hall–Kier alpha value is -2.28. The molecule has 0 radical (unpaired) electrons. The molecule has 0 aliphatic carbocycles. The molecule has 0 aromatic carbocycles. The topological polar surface area (TPSA) is 90.0 Å². The first-order valence-electron chi connectivity index (χ1n) is 9.02. The lowest BCUT2D eigenvalue weighted by molar-refractivity contribution is -0.0802. The van der Waals surface area contributed by atoms with Crippen LogP contribution >= 0.6 is 0 Å². The summed E-state index contributed by atoms with van der Waals surface area (Å²) < 4.78 is 6.21. The Kier molecular flexibility index (Phi) is 4.25. The molecule has 132 valence electrons. The zero-order valence-electron chi connectivity index (χ0n) is 14.6. The summed E-state index contributed by atoms with van der Waals surface area (Å²) in [6, 6.07) is 0. The molecule has 1 saturated heterocycles. The van der Waals surface area contributed by atoms with E-state index in [1.54, 1.807) is 0 Å². The third-order valence-corrected chi connectivity index (χ3v) is 5.15. The molecule has 2 aromatic rings. The summed E-state index contributed by atoms with van der Waals surface area (Å²) in [4.78, 5) is 20.0. The lowest BCUT2D eigenvalue weighted by Gasteiger charge is -2.44. The van der Waals surface area contributed by atoms with E-state index >= 15 is 0 Å². The molecule has 25 heavy (non-hydrogen) atoms. The minimum Gasteiger partial charge on any atom is -0.368 e. The van der Waals surface area contributed by atoms with Crippen molar-refractivity contribution < 1.29 is 4.74 Å². The van der Waals surface area contributed by atoms with E-state index in [4.69, 9.17) is 10.5 Å². The zero-order chi connectivity index (χ0) is 17.3. The van der Waals surface area contributed by atoms with E-state index in [0.29, 0.717) is 12.6 Å². The molecular weight excluding hydrogens is 316 g/mol. The monoisotopic (exact) mass is 340 g/mol. The summed E-state index contributed by atoms with van der Waals surface area (Å²) in [7, 11) is 0. The number of aromatic nitrogens is 4. The van der Waals surface area contributed by atoms with Gasteiger partial charge in [0, 0.05) is 31.7 Å². The van der Waals surface area contributed by atoms with Crippen LogP contribution in [-0.2, 0) is 23.2 Å². The minimum atomic E-state index is -0.344. The highest BCUT2D eigenvalue weighted by atomic mass is 16.5. The lowest BCUT2D eigenvalue weighted by Crippen LogP contribution is -2.47. The van der Waals surface area contributed by atoms with Gasteiger partial charge in [0.15, 0.2) is 0 Å². The summed E-state index contributed by atoms with van der Waals surface area (Å²) in [5.41, 5.74) is 8.81. The number of nitrogen functional groups attached to an aromatic ring is 1. The first-order valence-corrected chi connectivity index (χ1v) is 9.02. The van der Waals surface area contributed by atoms with Crippen molar-refractivity contribution in [3.63, 3.8) is 0 Å². The minimum absolute atomic E-state index is 0.320. The van der Waals surface area contributed by atoms with Gasteiger partial charge in [-0.1, -0.05) is 13.3 Å². The van der Waals surface area contributed by atoms with Gasteiger partial charge in [-0.05, 0) is 36.8 Å². The van der Waals surface area contributed by atoms with Gasteiger partial charge in [-0.2, -0.15) is 0 Å². The number of rotatable bonds is 3. The summed E-state index contributed by atoms with van der Waals surface area (Å²) >= 11 is 0. The van der Waals surface area contributed by atoms with Gasteiger partial charge < -0.3 is 15.4 Å². The molecule has 2 N–H and O–H groups in total. The van der Waals surface area contributed by atoms with Crippen molar-refractivity contribution in [1.82, 2.24) is 19.9 Å². The second kappa shape index (κ2) is 6.55. The van der Waals surface area contributed by atoms with Crippen LogP contribution in [0.15, 0.2) is 18.6 Å². The molecule has 1 spiro atoms. The third-order valence-electron chi connectivity index (χ3n) is 5.15. The number of fused-ring (bicyclic) bond motifs is 2. The van der Waals surface area contributed by atoms with Crippen LogP contribution in [-0.4, -0.2) is 39.6 Å². The molecule has 0 bridgehead atoms. The smallest absolute Gasteiger partial charge is 0.225 e. The van der Waals surface area contributed by atoms with Crippen molar-refractivity contribution in [1.29, 1.82) is 0 Å². The molecular formula is C18H24N6O. The molecule has 2 aromatic heterocycles. The summed E-state index contributed by atoms with van der Waals surface area (Å²) in [5.74, 6) is 1.12. The van der Waals surface area contributed by atoms with Crippen molar-refractivity contribution in [2.75, 3.05) is 30.3 Å². The van der Waals surface area contributed by atoms with Gasteiger partial charge in [-0.25, -0.2) is 19.9 Å². The number of hydrogen-bond acceptors (Lipinski definition) is 7. The molecule has 0 unspecified atom stereocenters. The molecule has 1 fully saturated rings. The second-order valence-electron chi connectivity index (χ2n) is 6.82. The number of aryl methyl sites for hydroxylation is 1. The zero-order valence-corrected chi connectivity index (χ0v) is 14.6. The highest BCUT2D eigenvalue weighted by Crippen LogP contribution is 2.40. The fourth-order valence-corrected chi connectivity index (χ4v) is 3.80. The Labute approximate surface area is 147 Å². The van der Waals surface area contributed by atoms with E-state index in [1.165, 1.54) is 5.56 Å². The van der Waals surface area contributed by atoms with Crippen LogP contribution in [0.3, 0.4) is 0 Å². The standard InChI is InChI=1S/C18H24N6O/c1-2-3-13-10-21-17(22-11-13)24-7-5-18(6-8-24)15-14(4-9-25-18)12-20-16(19)23-15/h10-12H,2-9H2,1H3,(H2,19,20,23). The fourth-order valence-electron chi connectivity index (χ4n) is 3.80. The van der Waals surface area contributed by atoms with Crippen LogP contribution in [0.4, 0.5) is 11.9 Å². The number of anilines is 2. The van der Waals surface area contributed by atoms with E-state index in [1.807, 2.05) is 18.6 Å². The molecule has 2 aliphatic rings. The van der Waals surface area contributed by atoms with E-state index in [0.717, 1.165) is 62.4 Å². The largest absolute Gasteiger partial charge is 0.368 e. The first kappa shape index (κ1) is 16.2. The molecule has 4 rings (SSSR count). The van der Waals surface area contributed by atoms with Crippen molar-refractivity contribution in [3.8, 4) is 0 Å². The Bertz CT molecular complexity index is 740. The molecule has 0 atom stereocenters. The van der Waals surface area contributed by atoms with Crippen LogP contribution in [0, 0.1) is 0 Å². The quantitative estimate of drug-likeness (QED) is 0.912. The average Bonchev–Trinajstić information content (AvgIpc) is 2.64. The maximum atomic E-state index is 6.21. The highest BCUT2D eigenvalue weighted by Gasteiger charge is 2.42. The number of nitrogens with zero attached hydrogens (tertiary/aromatic N) is 5. The van der Waals surface area contributed by atoms with Crippen molar-refractivity contribution in [3.05, 3.63) is 35.4 Å². The van der Waals surface area contributed by atoms with E-state index in [9.17, 15) is 0 Å². The molecule has 0 amide bonds. The predicted octanol–water partition coefficient (Wildman–Crippen LogP) is 1.87. The van der Waals surface area contributed by atoms with Gasteiger partial charge in [0.1, 0.15) is 5.60 Å². The predicted molar refractivity (Wildman–Crippen MR) is 95.3 cm³/mol. The van der Waals surface area contributed by atoms with Gasteiger partial charge in [-0.3, -0.25) is 0 Å². The number of nitrogens with two attached hydrogens (primary N) is 1. The summed E-state index contributed by atoms with van der Waals surface area (Å²) in [6.07, 6.45) is 10.4.